The smallest absolute Gasteiger partial charge is 0.223 e. The fourth-order valence-corrected chi connectivity index (χ4v) is 3.12. The summed E-state index contributed by atoms with van der Waals surface area (Å²) in [7, 11) is 3.58. The molecule has 1 unspecified atom stereocenters. The molecule has 2 rings (SSSR count). The maximum atomic E-state index is 11.6. The quantitative estimate of drug-likeness (QED) is 0.926. The molecule has 1 aliphatic rings. The van der Waals surface area contributed by atoms with Crippen LogP contribution in [0, 0.1) is 5.41 Å². The first-order valence-corrected chi connectivity index (χ1v) is 7.41. The second kappa shape index (κ2) is 5.74. The molecule has 0 aromatic heterocycles. The van der Waals surface area contributed by atoms with Gasteiger partial charge in [-0.05, 0) is 35.1 Å². The van der Waals surface area contributed by atoms with Gasteiger partial charge in [-0.25, -0.2) is 0 Å². The van der Waals surface area contributed by atoms with Gasteiger partial charge in [-0.2, -0.15) is 0 Å². The van der Waals surface area contributed by atoms with Crippen LogP contribution in [-0.2, 0) is 11.2 Å². The molecule has 1 aromatic rings. The van der Waals surface area contributed by atoms with Gasteiger partial charge in [-0.3, -0.25) is 4.79 Å². The zero-order valence-electron chi connectivity index (χ0n) is 12.7. The summed E-state index contributed by atoms with van der Waals surface area (Å²) in [5.74, 6) is 0.152. The topological polar surface area (TPSA) is 32.3 Å². The van der Waals surface area contributed by atoms with Gasteiger partial charge in [0.05, 0.1) is 0 Å². The number of hydrogen-bond donors (Lipinski definition) is 1. The maximum Gasteiger partial charge on any atom is 0.223 e. The first kappa shape index (κ1) is 15.3. The molecule has 0 spiro atoms. The number of carbonyl (C=O) groups is 1. The van der Waals surface area contributed by atoms with Gasteiger partial charge in [0.1, 0.15) is 0 Å². The monoisotopic (exact) mass is 294 g/mol. The van der Waals surface area contributed by atoms with Crippen LogP contribution < -0.4 is 5.32 Å². The average molecular weight is 295 g/mol. The molecule has 1 aliphatic carbocycles. The number of rotatable bonds is 4. The van der Waals surface area contributed by atoms with Crippen molar-refractivity contribution in [3.05, 3.63) is 34.3 Å². The van der Waals surface area contributed by atoms with E-state index in [1.807, 2.05) is 6.07 Å². The van der Waals surface area contributed by atoms with E-state index in [0.717, 1.165) is 11.4 Å². The largest absolute Gasteiger partial charge is 0.349 e. The van der Waals surface area contributed by atoms with Crippen molar-refractivity contribution in [3.63, 3.8) is 0 Å². The van der Waals surface area contributed by atoms with E-state index >= 15 is 0 Å². The first-order chi connectivity index (χ1) is 9.31. The van der Waals surface area contributed by atoms with E-state index in [2.05, 4.69) is 31.3 Å². The number of nitrogens with zero attached hydrogens (tertiary/aromatic N) is 1. The minimum Gasteiger partial charge on any atom is -0.349 e. The van der Waals surface area contributed by atoms with Crippen LogP contribution in [0.1, 0.15) is 37.4 Å². The van der Waals surface area contributed by atoms with Crippen molar-refractivity contribution in [2.75, 3.05) is 20.6 Å². The number of fused-ring (bicyclic) bond motifs is 1. The molecule has 0 aliphatic heterocycles. The molecular formula is C16H23ClN2O. The van der Waals surface area contributed by atoms with Gasteiger partial charge in [-0.1, -0.05) is 31.5 Å². The minimum absolute atomic E-state index is 0.147. The van der Waals surface area contributed by atoms with Gasteiger partial charge >= 0.3 is 0 Å². The molecule has 20 heavy (non-hydrogen) atoms. The van der Waals surface area contributed by atoms with E-state index in [1.165, 1.54) is 11.1 Å². The molecule has 1 aromatic carbocycles. The highest BCUT2D eigenvalue weighted by atomic mass is 35.5. The number of benzene rings is 1. The summed E-state index contributed by atoms with van der Waals surface area (Å²) in [5.41, 5.74) is 2.78. The molecule has 1 atom stereocenters. The van der Waals surface area contributed by atoms with E-state index in [9.17, 15) is 4.79 Å². The fraction of sp³-hybridized carbons (Fsp3) is 0.562. The van der Waals surface area contributed by atoms with Crippen molar-refractivity contribution in [1.82, 2.24) is 10.2 Å². The molecule has 0 radical (unpaired) electrons. The SMILES string of the molecule is CN(C)C(=O)CCNC1c2cc(Cl)ccc2CC1(C)C. The third-order valence-corrected chi connectivity index (χ3v) is 4.27. The first-order valence-electron chi connectivity index (χ1n) is 7.03. The number of amides is 1. The zero-order valence-corrected chi connectivity index (χ0v) is 13.4. The van der Waals surface area contributed by atoms with Crippen LogP contribution in [0.15, 0.2) is 18.2 Å². The molecule has 0 saturated carbocycles. The minimum atomic E-state index is 0.147. The third kappa shape index (κ3) is 3.15. The summed E-state index contributed by atoms with van der Waals surface area (Å²) in [6.07, 6.45) is 1.56. The van der Waals surface area contributed by atoms with E-state index < -0.39 is 0 Å². The summed E-state index contributed by atoms with van der Waals surface area (Å²) < 4.78 is 0. The van der Waals surface area contributed by atoms with Gasteiger partial charge in [0, 0.05) is 38.1 Å². The number of halogens is 1. The van der Waals surface area contributed by atoms with Crippen molar-refractivity contribution in [2.45, 2.75) is 32.7 Å². The Bertz CT molecular complexity index is 511. The molecular weight excluding hydrogens is 272 g/mol. The van der Waals surface area contributed by atoms with E-state index in [-0.39, 0.29) is 17.4 Å². The predicted molar refractivity (Wildman–Crippen MR) is 83.0 cm³/mol. The van der Waals surface area contributed by atoms with Crippen LogP contribution in [0.2, 0.25) is 5.02 Å². The van der Waals surface area contributed by atoms with Crippen molar-refractivity contribution in [2.24, 2.45) is 5.41 Å². The Kier molecular flexibility index (Phi) is 4.40. The summed E-state index contributed by atoms with van der Waals surface area (Å²) in [6, 6.07) is 6.38. The lowest BCUT2D eigenvalue weighted by Gasteiger charge is -2.29. The number of carbonyl (C=O) groups excluding carboxylic acids is 1. The summed E-state index contributed by atoms with van der Waals surface area (Å²) in [5, 5.41) is 4.31. The Hall–Kier alpha value is -1.06. The van der Waals surface area contributed by atoms with Gasteiger partial charge < -0.3 is 10.2 Å². The second-order valence-corrected chi connectivity index (χ2v) is 6.87. The molecule has 0 saturated heterocycles. The second-order valence-electron chi connectivity index (χ2n) is 6.43. The molecule has 1 amide bonds. The molecule has 1 N–H and O–H groups in total. The fourth-order valence-electron chi connectivity index (χ4n) is 2.94. The van der Waals surface area contributed by atoms with Crippen LogP contribution in [0.4, 0.5) is 0 Å². The van der Waals surface area contributed by atoms with Crippen molar-refractivity contribution in [1.29, 1.82) is 0 Å². The molecule has 0 fully saturated rings. The van der Waals surface area contributed by atoms with Gasteiger partial charge in [0.25, 0.3) is 0 Å². The highest BCUT2D eigenvalue weighted by Crippen LogP contribution is 2.45. The summed E-state index contributed by atoms with van der Waals surface area (Å²) in [6.45, 7) is 5.20. The number of hydrogen-bond acceptors (Lipinski definition) is 2. The third-order valence-electron chi connectivity index (χ3n) is 4.03. The van der Waals surface area contributed by atoms with Gasteiger partial charge in [-0.15, -0.1) is 0 Å². The van der Waals surface area contributed by atoms with Crippen molar-refractivity contribution < 1.29 is 4.79 Å². The zero-order chi connectivity index (χ0) is 14.9. The lowest BCUT2D eigenvalue weighted by atomic mass is 9.85. The van der Waals surface area contributed by atoms with Gasteiger partial charge in [0.15, 0.2) is 0 Å². The average Bonchev–Trinajstić information content (AvgIpc) is 2.60. The highest BCUT2D eigenvalue weighted by molar-refractivity contribution is 6.30. The van der Waals surface area contributed by atoms with Crippen LogP contribution in [-0.4, -0.2) is 31.4 Å². The molecule has 3 nitrogen and oxygen atoms in total. The van der Waals surface area contributed by atoms with Gasteiger partial charge in [0.2, 0.25) is 5.91 Å². The molecule has 0 heterocycles. The summed E-state index contributed by atoms with van der Waals surface area (Å²) in [4.78, 5) is 13.3. The Labute approximate surface area is 126 Å². The number of nitrogens with one attached hydrogen (secondary N) is 1. The van der Waals surface area contributed by atoms with E-state index in [4.69, 9.17) is 11.6 Å². The van der Waals surface area contributed by atoms with Crippen LogP contribution in [0.5, 0.6) is 0 Å². The predicted octanol–water partition coefficient (Wildman–Crippen LogP) is 3.03. The molecule has 110 valence electrons. The van der Waals surface area contributed by atoms with Crippen LogP contribution in [0.25, 0.3) is 0 Å². The van der Waals surface area contributed by atoms with E-state index in [1.54, 1.807) is 19.0 Å². The van der Waals surface area contributed by atoms with Crippen LogP contribution >= 0.6 is 11.6 Å². The standard InChI is InChI=1S/C16H23ClN2O/c1-16(2)10-11-5-6-12(17)9-13(11)15(16)18-8-7-14(20)19(3)4/h5-6,9,15,18H,7-8,10H2,1-4H3. The Morgan fingerprint density at radius 2 is 2.15 bits per heavy atom. The Morgan fingerprint density at radius 3 is 2.80 bits per heavy atom. The van der Waals surface area contributed by atoms with Crippen molar-refractivity contribution >= 4 is 17.5 Å². The molecule has 0 bridgehead atoms. The maximum absolute atomic E-state index is 11.6. The lowest BCUT2D eigenvalue weighted by Crippen LogP contribution is -2.34. The normalized spacial score (nSPS) is 19.8. The Morgan fingerprint density at radius 1 is 1.45 bits per heavy atom. The lowest BCUT2D eigenvalue weighted by molar-refractivity contribution is -0.128. The highest BCUT2D eigenvalue weighted by Gasteiger charge is 2.38. The molecule has 4 heteroatoms. The Balaban J connectivity index is 2.07. The van der Waals surface area contributed by atoms with Crippen molar-refractivity contribution in [3.8, 4) is 0 Å². The van der Waals surface area contributed by atoms with Crippen LogP contribution in [0.3, 0.4) is 0 Å². The summed E-state index contributed by atoms with van der Waals surface area (Å²) >= 11 is 6.12. The van der Waals surface area contributed by atoms with E-state index in [0.29, 0.717) is 13.0 Å².